The predicted octanol–water partition coefficient (Wildman–Crippen LogP) is 3.59. The summed E-state index contributed by atoms with van der Waals surface area (Å²) in [5.41, 5.74) is 2.50. The van der Waals surface area contributed by atoms with Gasteiger partial charge in [-0.3, -0.25) is 19.8 Å². The van der Waals surface area contributed by atoms with Crippen LogP contribution >= 0.6 is 28.1 Å². The van der Waals surface area contributed by atoms with E-state index in [1.165, 1.54) is 4.90 Å². The van der Waals surface area contributed by atoms with Crippen LogP contribution in [0.3, 0.4) is 0 Å². The molecule has 0 atom stereocenters. The maximum Gasteiger partial charge on any atom is 0.270 e. The normalized spacial score (nSPS) is 16.5. The maximum absolute atomic E-state index is 12.8. The number of rotatable bonds is 2. The molecule has 1 N–H and O–H groups in total. The first-order valence-corrected chi connectivity index (χ1v) is 8.39. The lowest BCUT2D eigenvalue weighted by Crippen LogP contribution is -2.54. The molecule has 6 heteroatoms. The molecule has 1 fully saturated rings. The first kappa shape index (κ1) is 16.5. The van der Waals surface area contributed by atoms with Gasteiger partial charge in [-0.25, -0.2) is 0 Å². The lowest BCUT2D eigenvalue weighted by Gasteiger charge is -2.29. The fraction of sp³-hybridized carbons (Fsp3) is 0.0556. The van der Waals surface area contributed by atoms with Gasteiger partial charge in [0.15, 0.2) is 5.11 Å². The third-order valence-corrected chi connectivity index (χ3v) is 4.39. The smallest absolute Gasteiger partial charge is 0.270 e. The lowest BCUT2D eigenvalue weighted by molar-refractivity contribution is -0.122. The van der Waals surface area contributed by atoms with E-state index in [0.717, 1.165) is 15.6 Å². The second-order valence-electron chi connectivity index (χ2n) is 5.34. The Hall–Kier alpha value is -2.31. The molecule has 1 aliphatic rings. The van der Waals surface area contributed by atoms with Crippen molar-refractivity contribution in [2.45, 2.75) is 6.92 Å². The summed E-state index contributed by atoms with van der Waals surface area (Å²) in [7, 11) is 0. The predicted molar refractivity (Wildman–Crippen MR) is 102 cm³/mol. The van der Waals surface area contributed by atoms with Gasteiger partial charge in [0.1, 0.15) is 5.57 Å². The number of amides is 2. The van der Waals surface area contributed by atoms with Crippen LogP contribution in [-0.2, 0) is 9.59 Å². The largest absolute Gasteiger partial charge is 0.298 e. The van der Waals surface area contributed by atoms with Crippen LogP contribution in [0.4, 0.5) is 5.69 Å². The Balaban J connectivity index is 1.99. The summed E-state index contributed by atoms with van der Waals surface area (Å²) in [5, 5.41) is 2.66. The third kappa shape index (κ3) is 3.29. The van der Waals surface area contributed by atoms with Gasteiger partial charge in [-0.1, -0.05) is 45.8 Å². The van der Waals surface area contributed by atoms with Crippen molar-refractivity contribution in [3.05, 3.63) is 69.7 Å². The molecule has 0 spiro atoms. The van der Waals surface area contributed by atoms with Crippen LogP contribution in [0.2, 0.25) is 0 Å². The highest BCUT2D eigenvalue weighted by Crippen LogP contribution is 2.22. The summed E-state index contributed by atoms with van der Waals surface area (Å²) in [5.74, 6) is -0.924. The number of benzene rings is 2. The Bertz CT molecular complexity index is 858. The molecular formula is C18H13BrN2O2S. The highest BCUT2D eigenvalue weighted by molar-refractivity contribution is 9.10. The fourth-order valence-electron chi connectivity index (χ4n) is 2.31. The molecule has 0 bridgehead atoms. The molecule has 1 saturated heterocycles. The monoisotopic (exact) mass is 400 g/mol. The number of nitrogens with zero attached hydrogens (tertiary/aromatic N) is 1. The number of hydrogen-bond acceptors (Lipinski definition) is 3. The van der Waals surface area contributed by atoms with E-state index in [2.05, 4.69) is 21.2 Å². The molecule has 24 heavy (non-hydrogen) atoms. The summed E-state index contributed by atoms with van der Waals surface area (Å²) in [4.78, 5) is 26.3. The molecule has 2 aromatic carbocycles. The van der Waals surface area contributed by atoms with Crippen molar-refractivity contribution in [1.82, 2.24) is 5.32 Å². The molecule has 0 radical (unpaired) electrons. The van der Waals surface area contributed by atoms with E-state index < -0.39 is 11.8 Å². The Morgan fingerprint density at radius 3 is 2.29 bits per heavy atom. The molecular weight excluding hydrogens is 388 g/mol. The van der Waals surface area contributed by atoms with Crippen LogP contribution in [0.5, 0.6) is 0 Å². The van der Waals surface area contributed by atoms with Crippen LogP contribution in [0.1, 0.15) is 11.1 Å². The van der Waals surface area contributed by atoms with Gasteiger partial charge < -0.3 is 0 Å². The van der Waals surface area contributed by atoms with Crippen molar-refractivity contribution >= 4 is 56.8 Å². The van der Waals surface area contributed by atoms with Gasteiger partial charge >= 0.3 is 0 Å². The Morgan fingerprint density at radius 2 is 1.67 bits per heavy atom. The van der Waals surface area contributed by atoms with Crippen molar-refractivity contribution in [1.29, 1.82) is 0 Å². The minimum atomic E-state index is -0.490. The van der Waals surface area contributed by atoms with Gasteiger partial charge in [-0.15, -0.1) is 0 Å². The van der Waals surface area contributed by atoms with Crippen LogP contribution in [0.25, 0.3) is 6.08 Å². The summed E-state index contributed by atoms with van der Waals surface area (Å²) in [6.07, 6.45) is 1.56. The first-order chi connectivity index (χ1) is 11.5. The fourth-order valence-corrected chi connectivity index (χ4v) is 2.86. The lowest BCUT2D eigenvalue weighted by atomic mass is 10.1. The Morgan fingerprint density at radius 1 is 1.04 bits per heavy atom. The molecule has 0 aromatic heterocycles. The number of hydrogen-bond donors (Lipinski definition) is 1. The van der Waals surface area contributed by atoms with Crippen molar-refractivity contribution < 1.29 is 9.59 Å². The quantitative estimate of drug-likeness (QED) is 0.476. The van der Waals surface area contributed by atoms with Crippen LogP contribution in [0, 0.1) is 6.92 Å². The number of thiocarbonyl (C=S) groups is 1. The van der Waals surface area contributed by atoms with E-state index in [-0.39, 0.29) is 10.7 Å². The first-order valence-electron chi connectivity index (χ1n) is 7.19. The second-order valence-corrected chi connectivity index (χ2v) is 6.65. The van der Waals surface area contributed by atoms with Gasteiger partial charge in [-0.05, 0) is 55.0 Å². The zero-order valence-corrected chi connectivity index (χ0v) is 15.1. The van der Waals surface area contributed by atoms with E-state index in [1.54, 1.807) is 18.2 Å². The van der Waals surface area contributed by atoms with Gasteiger partial charge in [0.05, 0.1) is 5.69 Å². The molecule has 1 aliphatic heterocycles. The van der Waals surface area contributed by atoms with E-state index in [4.69, 9.17) is 12.2 Å². The number of halogens is 1. The van der Waals surface area contributed by atoms with Gasteiger partial charge in [0.25, 0.3) is 11.8 Å². The van der Waals surface area contributed by atoms with E-state index >= 15 is 0 Å². The summed E-state index contributed by atoms with van der Waals surface area (Å²) in [6, 6.07) is 14.7. The molecule has 0 saturated carbocycles. The standard InChI is InChI=1S/C18H13BrN2O2S/c1-11-2-8-14(9-3-11)21-17(23)15(16(22)20-18(21)24)10-12-4-6-13(19)7-5-12/h2-10H,1H3,(H,20,22,24)/b15-10+. The van der Waals surface area contributed by atoms with E-state index in [0.29, 0.717) is 5.69 Å². The maximum atomic E-state index is 12.8. The number of carbonyl (C=O) groups is 2. The molecule has 0 aliphatic carbocycles. The minimum absolute atomic E-state index is 0.0477. The highest BCUT2D eigenvalue weighted by Gasteiger charge is 2.34. The number of carbonyl (C=O) groups excluding carboxylic acids is 2. The van der Waals surface area contributed by atoms with Crippen molar-refractivity contribution in [2.24, 2.45) is 0 Å². The Labute approximate surface area is 153 Å². The number of nitrogens with one attached hydrogen (secondary N) is 1. The molecule has 0 unspecified atom stereocenters. The van der Waals surface area contributed by atoms with Crippen LogP contribution < -0.4 is 10.2 Å². The molecule has 2 aromatic rings. The SMILES string of the molecule is Cc1ccc(N2C(=O)/C(=C/c3ccc(Br)cc3)C(=O)NC2=S)cc1. The minimum Gasteiger partial charge on any atom is -0.298 e. The van der Waals surface area contributed by atoms with Crippen molar-refractivity contribution in [2.75, 3.05) is 4.90 Å². The second kappa shape index (κ2) is 6.67. The average molecular weight is 401 g/mol. The number of anilines is 1. The third-order valence-electron chi connectivity index (χ3n) is 3.57. The van der Waals surface area contributed by atoms with Gasteiger partial charge in [0.2, 0.25) is 0 Å². The summed E-state index contributed by atoms with van der Waals surface area (Å²) < 4.78 is 0.923. The molecule has 2 amide bonds. The zero-order chi connectivity index (χ0) is 17.3. The van der Waals surface area contributed by atoms with Crippen molar-refractivity contribution in [3.63, 3.8) is 0 Å². The van der Waals surface area contributed by atoms with E-state index in [1.807, 2.05) is 43.3 Å². The molecule has 120 valence electrons. The van der Waals surface area contributed by atoms with Crippen LogP contribution in [-0.4, -0.2) is 16.9 Å². The Kier molecular flexibility index (Phi) is 4.59. The molecule has 4 nitrogen and oxygen atoms in total. The van der Waals surface area contributed by atoms with Crippen LogP contribution in [0.15, 0.2) is 58.6 Å². The van der Waals surface area contributed by atoms with Gasteiger partial charge in [-0.2, -0.15) is 0 Å². The van der Waals surface area contributed by atoms with E-state index in [9.17, 15) is 9.59 Å². The summed E-state index contributed by atoms with van der Waals surface area (Å²) >= 11 is 8.53. The summed E-state index contributed by atoms with van der Waals surface area (Å²) in [6.45, 7) is 1.96. The number of aryl methyl sites for hydroxylation is 1. The highest BCUT2D eigenvalue weighted by atomic mass is 79.9. The molecule has 3 rings (SSSR count). The molecule has 1 heterocycles. The average Bonchev–Trinajstić information content (AvgIpc) is 2.55. The zero-order valence-electron chi connectivity index (χ0n) is 12.7. The van der Waals surface area contributed by atoms with Crippen molar-refractivity contribution in [3.8, 4) is 0 Å². The van der Waals surface area contributed by atoms with Gasteiger partial charge in [0, 0.05) is 4.47 Å². The topological polar surface area (TPSA) is 49.4 Å².